The van der Waals surface area contributed by atoms with Crippen molar-refractivity contribution in [1.29, 1.82) is 0 Å². The number of halogens is 1. The molecule has 1 aromatic carbocycles. The van der Waals surface area contributed by atoms with Crippen molar-refractivity contribution >= 4 is 35.2 Å². The molecule has 2 aliphatic heterocycles. The number of hydrogen-bond acceptors (Lipinski definition) is 6. The van der Waals surface area contributed by atoms with Crippen LogP contribution in [0.25, 0.3) is 11.8 Å². The maximum absolute atomic E-state index is 13.3. The van der Waals surface area contributed by atoms with Crippen molar-refractivity contribution in [2.24, 2.45) is 16.1 Å². The largest absolute Gasteiger partial charge is 0.497 e. The first-order valence-corrected chi connectivity index (χ1v) is 13.1. The summed E-state index contributed by atoms with van der Waals surface area (Å²) in [6, 6.07) is 7.72. The van der Waals surface area contributed by atoms with Crippen LogP contribution in [0.5, 0.6) is 11.5 Å². The van der Waals surface area contributed by atoms with E-state index in [0.29, 0.717) is 18.1 Å². The Balaban J connectivity index is 1.46. The van der Waals surface area contributed by atoms with Crippen molar-refractivity contribution in [3.05, 3.63) is 51.6 Å². The van der Waals surface area contributed by atoms with E-state index in [1.165, 1.54) is 0 Å². The Labute approximate surface area is 221 Å². The zero-order valence-corrected chi connectivity index (χ0v) is 22.5. The van der Waals surface area contributed by atoms with Crippen molar-refractivity contribution in [2.75, 3.05) is 18.6 Å². The lowest BCUT2D eigenvalue weighted by atomic mass is 9.81. The number of benzene rings is 1. The molecule has 1 amide bonds. The average Bonchev–Trinajstić information content (AvgIpc) is 3.16. The number of ether oxygens (including phenoxy) is 3. The molecule has 3 aliphatic rings. The van der Waals surface area contributed by atoms with E-state index in [-0.39, 0.29) is 12.0 Å². The topological polar surface area (TPSA) is 88.5 Å². The molecule has 3 heterocycles. The predicted molar refractivity (Wildman–Crippen MR) is 143 cm³/mol. The first-order chi connectivity index (χ1) is 17.7. The number of H-pyrrole nitrogens is 1. The second-order valence-corrected chi connectivity index (χ2v) is 11.0. The first kappa shape index (κ1) is 25.4. The number of azo groups is 1. The van der Waals surface area contributed by atoms with Crippen LogP contribution in [0.2, 0.25) is 0 Å². The number of nitrogens with one attached hydrogen (secondary N) is 1. The summed E-state index contributed by atoms with van der Waals surface area (Å²) < 4.78 is 17.4. The number of aromatic nitrogens is 1. The Kier molecular flexibility index (Phi) is 7.03. The lowest BCUT2D eigenvalue weighted by Gasteiger charge is -2.30. The van der Waals surface area contributed by atoms with Crippen LogP contribution in [-0.2, 0) is 11.3 Å². The Morgan fingerprint density at radius 1 is 1.16 bits per heavy atom. The lowest BCUT2D eigenvalue weighted by molar-refractivity contribution is 0.0584. The smallest absolute Gasteiger partial charge is 0.415 e. The number of nitrogens with zero attached hydrogens (tertiary/aromatic N) is 3. The van der Waals surface area contributed by atoms with E-state index in [2.05, 4.69) is 15.2 Å². The maximum atomic E-state index is 13.3. The van der Waals surface area contributed by atoms with Gasteiger partial charge in [0.05, 0.1) is 42.3 Å². The van der Waals surface area contributed by atoms with Crippen LogP contribution in [0, 0.1) is 5.92 Å². The highest BCUT2D eigenvalue weighted by atomic mass is 35.5. The van der Waals surface area contributed by atoms with Gasteiger partial charge >= 0.3 is 6.09 Å². The summed E-state index contributed by atoms with van der Waals surface area (Å²) in [7, 11) is 1.65. The molecule has 5 rings (SSSR count). The molecule has 0 saturated heterocycles. The SMILES string of the molecule is COc1cccc(O[C@H]2CC[C@H](C3=c4[nH]c5c(c4N(C(=O)OC(C)(C)C)CC=C3Cl)CN=NC=5)CC2)c1. The molecular weight excluding hydrogens is 492 g/mol. The van der Waals surface area contributed by atoms with Crippen LogP contribution in [0.4, 0.5) is 10.5 Å². The van der Waals surface area contributed by atoms with Crippen molar-refractivity contribution in [1.82, 2.24) is 4.98 Å². The molecule has 1 saturated carbocycles. The van der Waals surface area contributed by atoms with E-state index < -0.39 is 11.7 Å². The summed E-state index contributed by atoms with van der Waals surface area (Å²) in [4.78, 5) is 18.5. The Morgan fingerprint density at radius 2 is 1.92 bits per heavy atom. The summed E-state index contributed by atoms with van der Waals surface area (Å²) >= 11 is 6.94. The van der Waals surface area contributed by atoms with Crippen LogP contribution in [0.3, 0.4) is 0 Å². The average molecular weight is 525 g/mol. The number of aromatic amines is 1. The van der Waals surface area contributed by atoms with Gasteiger partial charge in [-0.05, 0) is 76.2 Å². The summed E-state index contributed by atoms with van der Waals surface area (Å²) in [5.41, 5.74) is 2.14. The highest BCUT2D eigenvalue weighted by molar-refractivity contribution is 6.36. The van der Waals surface area contributed by atoms with Gasteiger partial charge in [0.1, 0.15) is 17.1 Å². The number of amides is 1. The predicted octanol–water partition coefficient (Wildman–Crippen LogP) is 5.39. The van der Waals surface area contributed by atoms with E-state index in [4.69, 9.17) is 25.8 Å². The molecule has 8 nitrogen and oxygen atoms in total. The molecule has 0 atom stereocenters. The minimum atomic E-state index is -0.618. The number of rotatable bonds is 4. The Bertz CT molecular complexity index is 1360. The lowest BCUT2D eigenvalue weighted by Crippen LogP contribution is -2.39. The number of carbonyl (C=O) groups excluding carboxylic acids is 1. The van der Waals surface area contributed by atoms with E-state index in [1.54, 1.807) is 18.2 Å². The molecule has 1 N–H and O–H groups in total. The molecule has 37 heavy (non-hydrogen) atoms. The molecule has 9 heteroatoms. The summed E-state index contributed by atoms with van der Waals surface area (Å²) in [6.45, 7) is 6.31. The van der Waals surface area contributed by atoms with E-state index in [0.717, 1.165) is 64.7 Å². The van der Waals surface area contributed by atoms with E-state index in [9.17, 15) is 4.79 Å². The molecular formula is C28H33ClN4O4. The summed E-state index contributed by atoms with van der Waals surface area (Å²) in [6.07, 6.45) is 6.97. The highest BCUT2D eigenvalue weighted by Gasteiger charge is 2.33. The Morgan fingerprint density at radius 3 is 2.65 bits per heavy atom. The van der Waals surface area contributed by atoms with Crippen LogP contribution in [0.15, 0.2) is 45.6 Å². The fourth-order valence-corrected chi connectivity index (χ4v) is 5.55. The third kappa shape index (κ3) is 5.39. The molecule has 0 bridgehead atoms. The summed E-state index contributed by atoms with van der Waals surface area (Å²) in [5, 5.41) is 10.7. The van der Waals surface area contributed by atoms with Gasteiger partial charge in [0.25, 0.3) is 0 Å². The zero-order chi connectivity index (χ0) is 26.2. The maximum Gasteiger partial charge on any atom is 0.415 e. The van der Waals surface area contributed by atoms with Gasteiger partial charge < -0.3 is 19.2 Å². The van der Waals surface area contributed by atoms with Gasteiger partial charge in [-0.1, -0.05) is 17.7 Å². The van der Waals surface area contributed by atoms with Gasteiger partial charge in [-0.15, -0.1) is 0 Å². The monoisotopic (exact) mass is 524 g/mol. The molecule has 1 fully saturated rings. The van der Waals surface area contributed by atoms with Gasteiger partial charge in [0, 0.05) is 23.2 Å². The fourth-order valence-electron chi connectivity index (χ4n) is 5.23. The van der Waals surface area contributed by atoms with Crippen molar-refractivity contribution in [3.63, 3.8) is 0 Å². The normalized spacial score (nSPS) is 21.3. The van der Waals surface area contributed by atoms with Gasteiger partial charge in [-0.25, -0.2) is 4.79 Å². The van der Waals surface area contributed by atoms with Crippen LogP contribution >= 0.6 is 11.6 Å². The quantitative estimate of drug-likeness (QED) is 0.580. The van der Waals surface area contributed by atoms with Crippen LogP contribution < -0.4 is 25.1 Å². The van der Waals surface area contributed by atoms with Gasteiger partial charge in [-0.2, -0.15) is 10.2 Å². The van der Waals surface area contributed by atoms with E-state index in [1.807, 2.05) is 51.1 Å². The molecule has 1 aliphatic carbocycles. The van der Waals surface area contributed by atoms with Gasteiger partial charge in [-0.3, -0.25) is 4.90 Å². The zero-order valence-electron chi connectivity index (χ0n) is 21.7. The second kappa shape index (κ2) is 10.2. The number of carbonyl (C=O) groups is 1. The molecule has 196 valence electrons. The Hall–Kier alpha value is -3.26. The standard InChI is InChI=1S/C28H33ClN4O4/c1-28(2,3)37-27(34)33-13-12-22(29)24(25-26(33)21-15-30-31-16-23(21)32-25)17-8-10-18(11-9-17)36-20-7-5-6-19(14-20)35-4/h5-7,12,14,16-18,32H,8-11,13,15H2,1-4H3/t17-,18-. The minimum Gasteiger partial charge on any atom is -0.497 e. The van der Waals surface area contributed by atoms with Crippen molar-refractivity contribution in [2.45, 2.75) is 64.7 Å². The third-order valence-electron chi connectivity index (χ3n) is 6.89. The van der Waals surface area contributed by atoms with Gasteiger partial charge in [0.15, 0.2) is 0 Å². The van der Waals surface area contributed by atoms with E-state index >= 15 is 0 Å². The molecule has 0 radical (unpaired) electrons. The third-order valence-corrected chi connectivity index (χ3v) is 7.25. The number of fused-ring (bicyclic) bond motifs is 3. The highest BCUT2D eigenvalue weighted by Crippen LogP contribution is 2.39. The molecule has 0 unspecified atom stereocenters. The molecule has 0 spiro atoms. The van der Waals surface area contributed by atoms with Crippen molar-refractivity contribution < 1.29 is 19.0 Å². The molecule has 1 aromatic heterocycles. The fraction of sp³-hybridized carbons (Fsp3) is 0.464. The number of allylic oxidation sites excluding steroid dienone is 1. The molecule has 2 aromatic rings. The number of hydrogen-bond donors (Lipinski definition) is 1. The van der Waals surface area contributed by atoms with Gasteiger partial charge in [0.2, 0.25) is 0 Å². The number of methoxy groups -OCH3 is 1. The van der Waals surface area contributed by atoms with Crippen molar-refractivity contribution in [3.8, 4) is 11.5 Å². The summed E-state index contributed by atoms with van der Waals surface area (Å²) in [5.74, 6) is 1.82. The minimum absolute atomic E-state index is 0.123. The number of anilines is 1. The van der Waals surface area contributed by atoms with Crippen LogP contribution in [-0.4, -0.2) is 36.4 Å². The van der Waals surface area contributed by atoms with Crippen LogP contribution in [0.1, 0.15) is 52.0 Å². The first-order valence-electron chi connectivity index (χ1n) is 12.7. The second-order valence-electron chi connectivity index (χ2n) is 10.6.